The molecule has 0 aromatic heterocycles. The number of ether oxygens (including phenoxy) is 1. The number of hydrogen-bond acceptors (Lipinski definition) is 3. The minimum atomic E-state index is -0.692. The molecule has 146 valence electrons. The number of rotatable bonds is 8. The minimum Gasteiger partial charge on any atom is -0.496 e. The second-order valence-corrected chi connectivity index (χ2v) is 7.75. The van der Waals surface area contributed by atoms with Crippen LogP contribution in [0.1, 0.15) is 88.3 Å². The molecule has 0 radical (unpaired) electrons. The molecule has 4 nitrogen and oxygen atoms in total. The molecule has 0 bridgehead atoms. The van der Waals surface area contributed by atoms with Gasteiger partial charge in [0, 0.05) is 6.54 Å². The fourth-order valence-electron chi connectivity index (χ4n) is 3.93. The van der Waals surface area contributed by atoms with E-state index < -0.39 is 5.97 Å². The first-order chi connectivity index (χ1) is 12.4. The highest BCUT2D eigenvalue weighted by Gasteiger charge is 2.29. The first kappa shape index (κ1) is 20.8. The van der Waals surface area contributed by atoms with Gasteiger partial charge in [0.15, 0.2) is 0 Å². The predicted molar refractivity (Wildman–Crippen MR) is 106 cm³/mol. The van der Waals surface area contributed by atoms with Gasteiger partial charge >= 0.3 is 5.97 Å². The number of carbonyl (C=O) groups is 1. The van der Waals surface area contributed by atoms with Crippen LogP contribution in [0.2, 0.25) is 0 Å². The summed E-state index contributed by atoms with van der Waals surface area (Å²) in [4.78, 5) is 13.8. The van der Waals surface area contributed by atoms with Crippen LogP contribution in [0.25, 0.3) is 0 Å². The SMILES string of the molecule is CCC(C)c1cc(CN2CCCCC2C(=O)O)cc(C(C)CC)c1OC. The summed E-state index contributed by atoms with van der Waals surface area (Å²) in [6.45, 7) is 10.4. The van der Waals surface area contributed by atoms with E-state index in [4.69, 9.17) is 4.74 Å². The van der Waals surface area contributed by atoms with E-state index in [9.17, 15) is 9.90 Å². The summed E-state index contributed by atoms with van der Waals surface area (Å²) in [6.07, 6.45) is 4.95. The molecular weight excluding hydrogens is 326 g/mol. The van der Waals surface area contributed by atoms with E-state index in [1.807, 2.05) is 0 Å². The summed E-state index contributed by atoms with van der Waals surface area (Å²) in [6, 6.07) is 4.13. The first-order valence-electron chi connectivity index (χ1n) is 10.1. The summed E-state index contributed by atoms with van der Waals surface area (Å²) < 4.78 is 5.82. The lowest BCUT2D eigenvalue weighted by Gasteiger charge is -2.33. The van der Waals surface area contributed by atoms with Gasteiger partial charge in [-0.05, 0) is 60.8 Å². The molecule has 4 heteroatoms. The van der Waals surface area contributed by atoms with E-state index in [-0.39, 0.29) is 6.04 Å². The maximum Gasteiger partial charge on any atom is 0.320 e. The molecule has 1 aromatic rings. The first-order valence-corrected chi connectivity index (χ1v) is 10.1. The van der Waals surface area contributed by atoms with Crippen molar-refractivity contribution in [2.24, 2.45) is 0 Å². The lowest BCUT2D eigenvalue weighted by molar-refractivity contribution is -0.144. The second kappa shape index (κ2) is 9.40. The smallest absolute Gasteiger partial charge is 0.320 e. The van der Waals surface area contributed by atoms with Gasteiger partial charge in [-0.15, -0.1) is 0 Å². The van der Waals surface area contributed by atoms with E-state index in [2.05, 4.69) is 44.7 Å². The second-order valence-electron chi connectivity index (χ2n) is 7.75. The van der Waals surface area contributed by atoms with Crippen molar-refractivity contribution in [1.29, 1.82) is 0 Å². The molecule has 0 saturated carbocycles. The van der Waals surface area contributed by atoms with Crippen LogP contribution in [0.4, 0.5) is 0 Å². The molecule has 0 spiro atoms. The van der Waals surface area contributed by atoms with Crippen LogP contribution in [-0.2, 0) is 11.3 Å². The van der Waals surface area contributed by atoms with Gasteiger partial charge in [0.25, 0.3) is 0 Å². The maximum absolute atomic E-state index is 11.6. The Morgan fingerprint density at radius 3 is 2.23 bits per heavy atom. The van der Waals surface area contributed by atoms with Crippen molar-refractivity contribution >= 4 is 5.97 Å². The number of aliphatic carboxylic acids is 1. The van der Waals surface area contributed by atoms with Crippen molar-refractivity contribution < 1.29 is 14.6 Å². The number of carboxylic acid groups (broad SMARTS) is 1. The zero-order valence-corrected chi connectivity index (χ0v) is 17.0. The molecule has 1 fully saturated rings. The van der Waals surface area contributed by atoms with E-state index in [1.165, 1.54) is 16.7 Å². The number of likely N-dealkylation sites (tertiary alicyclic amines) is 1. The molecule has 1 N–H and O–H groups in total. The van der Waals surface area contributed by atoms with Crippen molar-refractivity contribution in [1.82, 2.24) is 4.90 Å². The van der Waals surface area contributed by atoms with Gasteiger partial charge in [-0.25, -0.2) is 0 Å². The normalized spacial score (nSPS) is 20.6. The Hall–Kier alpha value is -1.55. The molecule has 26 heavy (non-hydrogen) atoms. The van der Waals surface area contributed by atoms with Crippen LogP contribution in [0.15, 0.2) is 12.1 Å². The summed E-state index contributed by atoms with van der Waals surface area (Å²) in [5.74, 6) is 1.17. The van der Waals surface area contributed by atoms with Gasteiger partial charge in [0.05, 0.1) is 7.11 Å². The summed E-state index contributed by atoms with van der Waals surface area (Å²) in [7, 11) is 1.76. The standard InChI is InChI=1S/C22H35NO3/c1-6-15(3)18-12-17(13-19(16(4)7-2)21(18)26-5)14-23-11-9-8-10-20(23)22(24)25/h12-13,15-16,20H,6-11,14H2,1-5H3,(H,24,25). The van der Waals surface area contributed by atoms with E-state index in [0.717, 1.165) is 44.4 Å². The number of methoxy groups -OCH3 is 1. The summed E-state index contributed by atoms with van der Waals surface area (Å²) in [5.41, 5.74) is 3.72. The Morgan fingerprint density at radius 2 is 1.77 bits per heavy atom. The Kier molecular flexibility index (Phi) is 7.51. The van der Waals surface area contributed by atoms with Gasteiger partial charge in [0.2, 0.25) is 0 Å². The molecule has 1 aromatic carbocycles. The van der Waals surface area contributed by atoms with Crippen molar-refractivity contribution in [2.45, 2.75) is 84.2 Å². The number of hydrogen-bond donors (Lipinski definition) is 1. The van der Waals surface area contributed by atoms with Gasteiger partial charge < -0.3 is 9.84 Å². The Morgan fingerprint density at radius 1 is 1.19 bits per heavy atom. The molecular formula is C22H35NO3. The average molecular weight is 362 g/mol. The molecule has 1 saturated heterocycles. The molecule has 3 unspecified atom stereocenters. The Balaban J connectivity index is 2.42. The molecule has 1 aliphatic rings. The maximum atomic E-state index is 11.6. The third-order valence-electron chi connectivity index (χ3n) is 5.98. The third-order valence-corrected chi connectivity index (χ3v) is 5.98. The van der Waals surface area contributed by atoms with Crippen molar-refractivity contribution in [3.63, 3.8) is 0 Å². The number of nitrogens with zero attached hydrogens (tertiary/aromatic N) is 1. The summed E-state index contributed by atoms with van der Waals surface area (Å²) in [5, 5.41) is 9.57. The lowest BCUT2D eigenvalue weighted by atomic mass is 9.87. The lowest BCUT2D eigenvalue weighted by Crippen LogP contribution is -2.44. The van der Waals surface area contributed by atoms with Gasteiger partial charge in [-0.2, -0.15) is 0 Å². The Bertz CT molecular complexity index is 582. The van der Waals surface area contributed by atoms with Crippen LogP contribution in [-0.4, -0.2) is 35.7 Å². The van der Waals surface area contributed by atoms with Gasteiger partial charge in [-0.1, -0.05) is 46.2 Å². The van der Waals surface area contributed by atoms with Crippen molar-refractivity contribution in [3.05, 3.63) is 28.8 Å². The van der Waals surface area contributed by atoms with Gasteiger partial charge in [0.1, 0.15) is 11.8 Å². The molecule has 0 amide bonds. The highest BCUT2D eigenvalue weighted by molar-refractivity contribution is 5.73. The number of carboxylic acids is 1. The topological polar surface area (TPSA) is 49.8 Å². The van der Waals surface area contributed by atoms with Crippen LogP contribution in [0, 0.1) is 0 Å². The van der Waals surface area contributed by atoms with E-state index in [1.54, 1.807) is 7.11 Å². The van der Waals surface area contributed by atoms with Crippen molar-refractivity contribution in [2.75, 3.05) is 13.7 Å². The summed E-state index contributed by atoms with van der Waals surface area (Å²) >= 11 is 0. The van der Waals surface area contributed by atoms with Crippen LogP contribution >= 0.6 is 0 Å². The Labute approximate surface area is 158 Å². The van der Waals surface area contributed by atoms with Crippen LogP contribution in [0.5, 0.6) is 5.75 Å². The fourth-order valence-corrected chi connectivity index (χ4v) is 3.93. The zero-order chi connectivity index (χ0) is 19.3. The minimum absolute atomic E-state index is 0.357. The molecule has 1 aliphatic heterocycles. The fraction of sp³-hybridized carbons (Fsp3) is 0.682. The van der Waals surface area contributed by atoms with Crippen molar-refractivity contribution in [3.8, 4) is 5.75 Å². The number of benzene rings is 1. The van der Waals surface area contributed by atoms with E-state index >= 15 is 0 Å². The molecule has 3 atom stereocenters. The van der Waals surface area contributed by atoms with Crippen LogP contribution < -0.4 is 4.74 Å². The highest BCUT2D eigenvalue weighted by Crippen LogP contribution is 2.38. The van der Waals surface area contributed by atoms with Gasteiger partial charge in [-0.3, -0.25) is 9.69 Å². The quantitative estimate of drug-likeness (QED) is 0.695. The molecule has 2 rings (SSSR count). The predicted octanol–water partition coefficient (Wildman–Crippen LogP) is 5.16. The average Bonchev–Trinajstić information content (AvgIpc) is 2.66. The molecule has 0 aliphatic carbocycles. The van der Waals surface area contributed by atoms with Crippen LogP contribution in [0.3, 0.4) is 0 Å². The highest BCUT2D eigenvalue weighted by atomic mass is 16.5. The monoisotopic (exact) mass is 361 g/mol. The molecule has 1 heterocycles. The zero-order valence-electron chi connectivity index (χ0n) is 17.0. The number of piperidine rings is 1. The van der Waals surface area contributed by atoms with E-state index in [0.29, 0.717) is 18.4 Å². The largest absolute Gasteiger partial charge is 0.496 e. The third kappa shape index (κ3) is 4.59.